The number of hydrogen-bond donors (Lipinski definition) is 0. The molecule has 3 aromatic heterocycles. The van der Waals surface area contributed by atoms with Gasteiger partial charge >= 0.3 is 0 Å². The lowest BCUT2D eigenvalue weighted by Gasteiger charge is -2.09. The first-order chi connectivity index (χ1) is 11.8. The number of benzene rings is 2. The molecule has 5 heteroatoms. The summed E-state index contributed by atoms with van der Waals surface area (Å²) in [7, 11) is 0. The summed E-state index contributed by atoms with van der Waals surface area (Å²) < 4.78 is 2.09. The normalized spacial score (nSPS) is 11.5. The number of nitrogens with zero attached hydrogens (tertiary/aromatic N) is 4. The van der Waals surface area contributed by atoms with E-state index in [1.165, 1.54) is 0 Å². The molecule has 0 radical (unpaired) electrons. The lowest BCUT2D eigenvalue weighted by molar-refractivity contribution is 1.15. The monoisotopic (exact) mass is 330 g/mol. The van der Waals surface area contributed by atoms with Crippen molar-refractivity contribution in [3.63, 3.8) is 0 Å². The van der Waals surface area contributed by atoms with Crippen molar-refractivity contribution in [2.45, 2.75) is 0 Å². The molecule has 0 N–H and O–H groups in total. The highest BCUT2D eigenvalue weighted by Gasteiger charge is 2.15. The highest BCUT2D eigenvalue weighted by molar-refractivity contribution is 6.31. The smallest absolute Gasteiger partial charge is 0.149 e. The van der Waals surface area contributed by atoms with E-state index in [4.69, 9.17) is 21.6 Å². The van der Waals surface area contributed by atoms with Crippen molar-refractivity contribution >= 4 is 39.2 Å². The number of fused-ring (bicyclic) bond motifs is 5. The maximum Gasteiger partial charge on any atom is 0.149 e. The van der Waals surface area contributed by atoms with Gasteiger partial charge in [-0.25, -0.2) is 9.97 Å². The lowest BCUT2D eigenvalue weighted by Crippen LogP contribution is -1.98. The van der Waals surface area contributed by atoms with Gasteiger partial charge in [0.1, 0.15) is 11.5 Å². The molecule has 0 unspecified atom stereocenters. The average molecular weight is 331 g/mol. The number of rotatable bonds is 1. The quantitative estimate of drug-likeness (QED) is 0.445. The fourth-order valence-corrected chi connectivity index (χ4v) is 3.24. The van der Waals surface area contributed by atoms with Gasteiger partial charge in [-0.05, 0) is 42.5 Å². The van der Waals surface area contributed by atoms with Crippen molar-refractivity contribution in [1.29, 1.82) is 0 Å². The third-order valence-corrected chi connectivity index (χ3v) is 4.37. The van der Waals surface area contributed by atoms with Crippen molar-refractivity contribution in [2.75, 3.05) is 0 Å². The largest absolute Gasteiger partial charge is 0.276 e. The molecule has 4 nitrogen and oxygen atoms in total. The molecule has 0 spiro atoms. The van der Waals surface area contributed by atoms with E-state index in [1.807, 2.05) is 48.5 Å². The molecule has 0 aliphatic heterocycles. The summed E-state index contributed by atoms with van der Waals surface area (Å²) in [4.78, 5) is 13.8. The van der Waals surface area contributed by atoms with Gasteiger partial charge in [0.25, 0.3) is 0 Å². The van der Waals surface area contributed by atoms with Crippen LogP contribution in [0.15, 0.2) is 67.0 Å². The summed E-state index contributed by atoms with van der Waals surface area (Å²) in [5.41, 5.74) is 4.68. The fourth-order valence-electron chi connectivity index (χ4n) is 3.06. The Kier molecular flexibility index (Phi) is 2.81. The van der Waals surface area contributed by atoms with Gasteiger partial charge in [0.15, 0.2) is 0 Å². The third kappa shape index (κ3) is 1.90. The minimum Gasteiger partial charge on any atom is -0.276 e. The summed E-state index contributed by atoms with van der Waals surface area (Å²) >= 11 is 6.20. The molecule has 5 aromatic rings. The second-order valence-electron chi connectivity index (χ2n) is 5.59. The number of halogens is 1. The standard InChI is InChI=1S/C19H11ClN4/c20-13-5-6-15-14(11-13)19-23-16-3-1-2-4-17(16)24(19)18(22-15)12-7-9-21-10-8-12/h1-11H. The summed E-state index contributed by atoms with van der Waals surface area (Å²) in [6.07, 6.45) is 3.54. The first-order valence-corrected chi connectivity index (χ1v) is 7.96. The molecule has 0 atom stereocenters. The SMILES string of the molecule is Clc1ccc2nc(-c3ccncc3)n3c4ccccc4nc3c2c1. The van der Waals surface area contributed by atoms with Gasteiger partial charge < -0.3 is 0 Å². The third-order valence-electron chi connectivity index (χ3n) is 4.14. The van der Waals surface area contributed by atoms with E-state index < -0.39 is 0 Å². The van der Waals surface area contributed by atoms with Gasteiger partial charge in [-0.1, -0.05) is 23.7 Å². The van der Waals surface area contributed by atoms with Gasteiger partial charge in [0.05, 0.1) is 16.6 Å². The predicted molar refractivity (Wildman–Crippen MR) is 96.2 cm³/mol. The van der Waals surface area contributed by atoms with Crippen molar-refractivity contribution in [1.82, 2.24) is 19.4 Å². The van der Waals surface area contributed by atoms with Crippen LogP contribution in [0.5, 0.6) is 0 Å². The molecular formula is C19H11ClN4. The van der Waals surface area contributed by atoms with E-state index in [0.29, 0.717) is 5.02 Å². The van der Waals surface area contributed by atoms with Crippen molar-refractivity contribution in [3.8, 4) is 11.4 Å². The fraction of sp³-hybridized carbons (Fsp3) is 0. The highest BCUT2D eigenvalue weighted by Crippen LogP contribution is 2.30. The number of hydrogen-bond acceptors (Lipinski definition) is 3. The summed E-state index contributed by atoms with van der Waals surface area (Å²) in [6, 6.07) is 17.7. The molecule has 0 aliphatic carbocycles. The van der Waals surface area contributed by atoms with Crippen LogP contribution in [0.25, 0.3) is 39.0 Å². The first-order valence-electron chi connectivity index (χ1n) is 7.58. The average Bonchev–Trinajstić information content (AvgIpc) is 3.02. The van der Waals surface area contributed by atoms with Gasteiger partial charge in [-0.2, -0.15) is 0 Å². The molecule has 24 heavy (non-hydrogen) atoms. The Balaban J connectivity index is 2.05. The first kappa shape index (κ1) is 13.5. The van der Waals surface area contributed by atoms with E-state index in [0.717, 1.165) is 39.0 Å². The van der Waals surface area contributed by atoms with Crippen LogP contribution in [-0.2, 0) is 0 Å². The summed E-state index contributed by atoms with van der Waals surface area (Å²) in [6.45, 7) is 0. The van der Waals surface area contributed by atoms with E-state index in [1.54, 1.807) is 12.4 Å². The van der Waals surface area contributed by atoms with Crippen LogP contribution < -0.4 is 0 Å². The van der Waals surface area contributed by atoms with Crippen molar-refractivity contribution in [3.05, 3.63) is 72.0 Å². The zero-order valence-electron chi connectivity index (χ0n) is 12.5. The molecule has 0 bridgehead atoms. The Morgan fingerprint density at radius 2 is 1.67 bits per heavy atom. The van der Waals surface area contributed by atoms with Crippen LogP contribution >= 0.6 is 11.6 Å². The van der Waals surface area contributed by atoms with Crippen LogP contribution in [-0.4, -0.2) is 19.4 Å². The Hall–Kier alpha value is -2.98. The maximum absolute atomic E-state index is 6.20. The molecule has 2 aromatic carbocycles. The van der Waals surface area contributed by atoms with Gasteiger partial charge in [-0.3, -0.25) is 9.38 Å². The van der Waals surface area contributed by atoms with Crippen LogP contribution in [0.4, 0.5) is 0 Å². The second kappa shape index (κ2) is 5.01. The van der Waals surface area contributed by atoms with Crippen LogP contribution in [0, 0.1) is 0 Å². The molecule has 3 heterocycles. The minimum absolute atomic E-state index is 0.676. The number of aromatic nitrogens is 4. The zero-order valence-corrected chi connectivity index (χ0v) is 13.3. The van der Waals surface area contributed by atoms with Gasteiger partial charge in [0.2, 0.25) is 0 Å². The highest BCUT2D eigenvalue weighted by atomic mass is 35.5. The van der Waals surface area contributed by atoms with Gasteiger partial charge in [0, 0.05) is 28.4 Å². The van der Waals surface area contributed by atoms with E-state index in [2.05, 4.69) is 15.5 Å². The molecule has 0 saturated carbocycles. The summed E-state index contributed by atoms with van der Waals surface area (Å²) in [5.74, 6) is 0.843. The maximum atomic E-state index is 6.20. The van der Waals surface area contributed by atoms with Crippen molar-refractivity contribution in [2.24, 2.45) is 0 Å². The molecule has 0 saturated heterocycles. The zero-order chi connectivity index (χ0) is 16.1. The van der Waals surface area contributed by atoms with Crippen LogP contribution in [0.3, 0.4) is 0 Å². The van der Waals surface area contributed by atoms with E-state index >= 15 is 0 Å². The van der Waals surface area contributed by atoms with E-state index in [9.17, 15) is 0 Å². The second-order valence-corrected chi connectivity index (χ2v) is 6.03. The minimum atomic E-state index is 0.676. The molecule has 5 rings (SSSR count). The number of pyridine rings is 1. The Morgan fingerprint density at radius 1 is 0.833 bits per heavy atom. The summed E-state index contributed by atoms with van der Waals surface area (Å²) in [5, 5.41) is 1.62. The van der Waals surface area contributed by atoms with Crippen molar-refractivity contribution < 1.29 is 0 Å². The Labute approximate surface area is 142 Å². The van der Waals surface area contributed by atoms with Gasteiger partial charge in [-0.15, -0.1) is 0 Å². The molecule has 0 fully saturated rings. The molecule has 0 amide bonds. The molecular weight excluding hydrogens is 320 g/mol. The molecule has 114 valence electrons. The molecule has 0 aliphatic rings. The van der Waals surface area contributed by atoms with E-state index in [-0.39, 0.29) is 0 Å². The predicted octanol–water partition coefficient (Wildman–Crippen LogP) is 4.75. The van der Waals surface area contributed by atoms with Crippen LogP contribution in [0.2, 0.25) is 5.02 Å². The number of imidazole rings is 1. The Bertz CT molecular complexity index is 1210. The van der Waals surface area contributed by atoms with Crippen LogP contribution in [0.1, 0.15) is 0 Å². The lowest BCUT2D eigenvalue weighted by atomic mass is 10.2. The topological polar surface area (TPSA) is 43.1 Å². The number of para-hydroxylation sites is 2. The Morgan fingerprint density at radius 3 is 2.54 bits per heavy atom.